The first-order chi connectivity index (χ1) is 8.06. The van der Waals surface area contributed by atoms with E-state index in [1.807, 2.05) is 13.8 Å². The van der Waals surface area contributed by atoms with Crippen LogP contribution in [-0.4, -0.2) is 10.9 Å². The van der Waals surface area contributed by atoms with Crippen LogP contribution in [0.15, 0.2) is 24.3 Å². The normalized spacial score (nSPS) is 10.2. The molecule has 0 saturated heterocycles. The van der Waals surface area contributed by atoms with Crippen LogP contribution in [-0.2, 0) is 0 Å². The number of carbonyl (C=O) groups excluding carboxylic acids is 1. The highest BCUT2D eigenvalue weighted by molar-refractivity contribution is 7.15. The minimum Gasteiger partial charge on any atom is -0.399 e. The average Bonchev–Trinajstić information content (AvgIpc) is 2.58. The van der Waals surface area contributed by atoms with E-state index in [4.69, 9.17) is 5.73 Å². The number of amides is 1. The van der Waals surface area contributed by atoms with E-state index in [2.05, 4.69) is 10.3 Å². The van der Waals surface area contributed by atoms with Crippen molar-refractivity contribution in [2.45, 2.75) is 13.8 Å². The summed E-state index contributed by atoms with van der Waals surface area (Å²) in [7, 11) is 0. The van der Waals surface area contributed by atoms with E-state index >= 15 is 0 Å². The van der Waals surface area contributed by atoms with Gasteiger partial charge in [0.1, 0.15) is 0 Å². The maximum absolute atomic E-state index is 11.9. The number of nitrogens with zero attached hydrogens (tertiary/aromatic N) is 1. The lowest BCUT2D eigenvalue weighted by Crippen LogP contribution is -2.11. The van der Waals surface area contributed by atoms with Gasteiger partial charge in [-0.1, -0.05) is 0 Å². The van der Waals surface area contributed by atoms with Gasteiger partial charge < -0.3 is 5.73 Å². The lowest BCUT2D eigenvalue weighted by atomic mass is 10.2. The topological polar surface area (TPSA) is 68.0 Å². The average molecular weight is 247 g/mol. The summed E-state index contributed by atoms with van der Waals surface area (Å²) in [4.78, 5) is 17.2. The maximum atomic E-state index is 11.9. The smallest absolute Gasteiger partial charge is 0.257 e. The van der Waals surface area contributed by atoms with Gasteiger partial charge in [0.05, 0.1) is 5.69 Å². The largest absolute Gasteiger partial charge is 0.399 e. The van der Waals surface area contributed by atoms with Gasteiger partial charge in [-0.05, 0) is 38.1 Å². The predicted octanol–water partition coefficient (Wildman–Crippen LogP) is 2.59. The Balaban J connectivity index is 2.14. The van der Waals surface area contributed by atoms with Gasteiger partial charge >= 0.3 is 0 Å². The molecular formula is C12H13N3OS. The van der Waals surface area contributed by atoms with Crippen molar-refractivity contribution in [2.24, 2.45) is 0 Å². The number of nitrogens with one attached hydrogen (secondary N) is 1. The molecule has 0 unspecified atom stereocenters. The number of hydrogen-bond donors (Lipinski definition) is 2. The first kappa shape index (κ1) is 11.6. The number of thiazole rings is 1. The second kappa shape index (κ2) is 4.55. The second-order valence-corrected chi connectivity index (χ2v) is 4.94. The molecule has 5 heteroatoms. The zero-order valence-electron chi connectivity index (χ0n) is 9.65. The molecule has 1 heterocycles. The summed E-state index contributed by atoms with van der Waals surface area (Å²) in [6.07, 6.45) is 0. The molecule has 0 aliphatic carbocycles. The number of nitrogen functional groups attached to an aromatic ring is 1. The van der Waals surface area contributed by atoms with Crippen LogP contribution in [0.25, 0.3) is 0 Å². The summed E-state index contributed by atoms with van der Waals surface area (Å²) in [5, 5.41) is 3.39. The highest BCUT2D eigenvalue weighted by Gasteiger charge is 2.09. The van der Waals surface area contributed by atoms with Crippen LogP contribution in [0.1, 0.15) is 20.9 Å². The predicted molar refractivity (Wildman–Crippen MR) is 70.4 cm³/mol. The van der Waals surface area contributed by atoms with Crippen LogP contribution >= 0.6 is 11.3 Å². The molecule has 17 heavy (non-hydrogen) atoms. The minimum absolute atomic E-state index is 0.168. The third-order valence-electron chi connectivity index (χ3n) is 2.42. The van der Waals surface area contributed by atoms with E-state index in [0.717, 1.165) is 10.6 Å². The molecule has 0 bridgehead atoms. The van der Waals surface area contributed by atoms with Crippen LogP contribution in [0.3, 0.4) is 0 Å². The lowest BCUT2D eigenvalue weighted by molar-refractivity contribution is 0.102. The van der Waals surface area contributed by atoms with Crippen molar-refractivity contribution in [1.29, 1.82) is 0 Å². The van der Waals surface area contributed by atoms with Gasteiger partial charge in [0.15, 0.2) is 5.13 Å². The number of benzene rings is 1. The fourth-order valence-corrected chi connectivity index (χ4v) is 2.14. The van der Waals surface area contributed by atoms with E-state index in [0.29, 0.717) is 16.4 Å². The Bertz CT molecular complexity index is 526. The molecular weight excluding hydrogens is 234 g/mol. The molecule has 4 nitrogen and oxygen atoms in total. The van der Waals surface area contributed by atoms with Crippen molar-refractivity contribution >= 4 is 28.1 Å². The molecule has 1 aromatic heterocycles. The summed E-state index contributed by atoms with van der Waals surface area (Å²) in [5.74, 6) is -0.168. The van der Waals surface area contributed by atoms with Crippen LogP contribution in [0.2, 0.25) is 0 Å². The Hall–Kier alpha value is -1.88. The highest BCUT2D eigenvalue weighted by Crippen LogP contribution is 2.21. The van der Waals surface area contributed by atoms with Gasteiger partial charge in [0, 0.05) is 16.1 Å². The quantitative estimate of drug-likeness (QED) is 0.801. The second-order valence-electron chi connectivity index (χ2n) is 3.74. The number of rotatable bonds is 2. The van der Waals surface area contributed by atoms with E-state index < -0.39 is 0 Å². The van der Waals surface area contributed by atoms with E-state index in [1.165, 1.54) is 11.3 Å². The summed E-state index contributed by atoms with van der Waals surface area (Å²) in [6, 6.07) is 6.79. The number of hydrogen-bond acceptors (Lipinski definition) is 4. The van der Waals surface area contributed by atoms with Crippen molar-refractivity contribution in [3.05, 3.63) is 40.4 Å². The molecule has 0 aliphatic rings. The summed E-state index contributed by atoms with van der Waals surface area (Å²) >= 11 is 1.47. The van der Waals surface area contributed by atoms with Crippen LogP contribution in [0, 0.1) is 13.8 Å². The molecule has 3 N–H and O–H groups in total. The highest BCUT2D eigenvalue weighted by atomic mass is 32.1. The van der Waals surface area contributed by atoms with Gasteiger partial charge in [-0.3, -0.25) is 10.1 Å². The third-order valence-corrected chi connectivity index (χ3v) is 3.41. The van der Waals surface area contributed by atoms with Crippen molar-refractivity contribution < 1.29 is 4.79 Å². The van der Waals surface area contributed by atoms with Gasteiger partial charge in [0.25, 0.3) is 5.91 Å². The molecule has 0 spiro atoms. The number of nitrogens with two attached hydrogens (primary N) is 1. The Morgan fingerprint density at radius 2 is 1.94 bits per heavy atom. The Morgan fingerprint density at radius 3 is 2.47 bits per heavy atom. The number of aromatic nitrogens is 1. The number of aryl methyl sites for hydroxylation is 2. The molecule has 0 aliphatic heterocycles. The molecule has 2 rings (SSSR count). The third kappa shape index (κ3) is 2.62. The van der Waals surface area contributed by atoms with E-state index in [1.54, 1.807) is 24.3 Å². The fraction of sp³-hybridized carbons (Fsp3) is 0.167. The first-order valence-corrected chi connectivity index (χ1v) is 5.99. The lowest BCUT2D eigenvalue weighted by Gasteiger charge is -2.01. The van der Waals surface area contributed by atoms with Crippen LogP contribution < -0.4 is 11.1 Å². The molecule has 1 amide bonds. The molecule has 88 valence electrons. The molecule has 0 atom stereocenters. The van der Waals surface area contributed by atoms with Crippen molar-refractivity contribution in [1.82, 2.24) is 4.98 Å². The Kier molecular flexibility index (Phi) is 3.10. The zero-order chi connectivity index (χ0) is 12.4. The van der Waals surface area contributed by atoms with Crippen molar-refractivity contribution in [3.63, 3.8) is 0 Å². The monoisotopic (exact) mass is 247 g/mol. The molecule has 0 saturated carbocycles. The maximum Gasteiger partial charge on any atom is 0.257 e. The molecule has 0 fully saturated rings. The van der Waals surface area contributed by atoms with Crippen molar-refractivity contribution in [2.75, 3.05) is 11.1 Å². The summed E-state index contributed by atoms with van der Waals surface area (Å²) in [6.45, 7) is 3.90. The zero-order valence-corrected chi connectivity index (χ0v) is 10.5. The van der Waals surface area contributed by atoms with Gasteiger partial charge in [-0.2, -0.15) is 0 Å². The molecule has 0 radical (unpaired) electrons. The first-order valence-electron chi connectivity index (χ1n) is 5.17. The Labute approximate surface area is 103 Å². The number of anilines is 2. The molecule has 1 aromatic carbocycles. The SMILES string of the molecule is Cc1nc(NC(=O)c2ccc(N)cc2)sc1C. The summed E-state index contributed by atoms with van der Waals surface area (Å²) < 4.78 is 0. The molecule has 2 aromatic rings. The van der Waals surface area contributed by atoms with E-state index in [-0.39, 0.29) is 5.91 Å². The minimum atomic E-state index is -0.168. The van der Waals surface area contributed by atoms with Crippen molar-refractivity contribution in [3.8, 4) is 0 Å². The Morgan fingerprint density at radius 1 is 1.29 bits per heavy atom. The van der Waals surface area contributed by atoms with Crippen LogP contribution in [0.5, 0.6) is 0 Å². The fourth-order valence-electron chi connectivity index (χ4n) is 1.33. The number of carbonyl (C=O) groups is 1. The summed E-state index contributed by atoms with van der Waals surface area (Å²) in [5.41, 5.74) is 7.72. The van der Waals surface area contributed by atoms with Gasteiger partial charge in [-0.25, -0.2) is 4.98 Å². The standard InChI is InChI=1S/C12H13N3OS/c1-7-8(2)17-12(14-7)15-11(16)9-3-5-10(13)6-4-9/h3-6H,13H2,1-2H3,(H,14,15,16). The van der Waals surface area contributed by atoms with Gasteiger partial charge in [0.2, 0.25) is 0 Å². The van der Waals surface area contributed by atoms with E-state index in [9.17, 15) is 4.79 Å². The van der Waals surface area contributed by atoms with Gasteiger partial charge in [-0.15, -0.1) is 11.3 Å². The van der Waals surface area contributed by atoms with Crippen LogP contribution in [0.4, 0.5) is 10.8 Å².